The van der Waals surface area contributed by atoms with Gasteiger partial charge < -0.3 is 15.0 Å². The van der Waals surface area contributed by atoms with E-state index in [4.69, 9.17) is 22.1 Å². The molecule has 37 heavy (non-hydrogen) atoms. The highest BCUT2D eigenvalue weighted by atomic mass is 32.2. The fraction of sp³-hybridized carbons (Fsp3) is 0.120. The molecule has 0 aliphatic carbocycles. The summed E-state index contributed by atoms with van der Waals surface area (Å²) in [5.41, 5.74) is 2.02. The van der Waals surface area contributed by atoms with Gasteiger partial charge in [-0.15, -0.1) is 0 Å². The van der Waals surface area contributed by atoms with Gasteiger partial charge in [0.25, 0.3) is 11.5 Å². The highest BCUT2D eigenvalue weighted by molar-refractivity contribution is 7.89. The number of nitrogens with one attached hydrogen (secondary N) is 2. The van der Waals surface area contributed by atoms with Crippen molar-refractivity contribution in [3.05, 3.63) is 98.5 Å². The van der Waals surface area contributed by atoms with Crippen molar-refractivity contribution >= 4 is 45.0 Å². The Morgan fingerprint density at radius 2 is 1.68 bits per heavy atom. The lowest BCUT2D eigenvalue weighted by Gasteiger charge is -2.10. The maximum Gasteiger partial charge on any atom is 0.337 e. The van der Waals surface area contributed by atoms with Crippen LogP contribution in [0.3, 0.4) is 0 Å². The van der Waals surface area contributed by atoms with Gasteiger partial charge in [-0.3, -0.25) is 14.2 Å². The third-order valence-corrected chi connectivity index (χ3v) is 6.87. The Balaban J connectivity index is 1.47. The van der Waals surface area contributed by atoms with E-state index in [9.17, 15) is 22.8 Å². The average molecular weight is 539 g/mol. The lowest BCUT2D eigenvalue weighted by atomic mass is 10.1. The normalized spacial score (nSPS) is 11.3. The molecule has 0 radical (unpaired) electrons. The van der Waals surface area contributed by atoms with Crippen LogP contribution in [0.5, 0.6) is 0 Å². The van der Waals surface area contributed by atoms with Crippen molar-refractivity contribution in [2.45, 2.75) is 11.3 Å². The van der Waals surface area contributed by atoms with Crippen LogP contribution in [0.1, 0.15) is 26.3 Å². The monoisotopic (exact) mass is 538 g/mol. The number of hydrogen-bond donors (Lipinski definition) is 3. The van der Waals surface area contributed by atoms with E-state index in [1.54, 1.807) is 36.4 Å². The van der Waals surface area contributed by atoms with Crippen molar-refractivity contribution in [3.63, 3.8) is 0 Å². The highest BCUT2D eigenvalue weighted by Gasteiger charge is 2.13. The first-order chi connectivity index (χ1) is 17.6. The smallest absolute Gasteiger partial charge is 0.337 e. The van der Waals surface area contributed by atoms with E-state index >= 15 is 0 Å². The van der Waals surface area contributed by atoms with Crippen LogP contribution in [0.4, 0.5) is 0 Å². The van der Waals surface area contributed by atoms with Crippen LogP contribution in [0.2, 0.25) is 0 Å². The van der Waals surface area contributed by atoms with Gasteiger partial charge in [0.05, 0.1) is 34.2 Å². The molecule has 0 saturated heterocycles. The number of benzene rings is 3. The number of fused-ring (bicyclic) bond motifs is 1. The average Bonchev–Trinajstić information content (AvgIpc) is 2.88. The number of nitrogens with two attached hydrogens (primary N) is 1. The van der Waals surface area contributed by atoms with Crippen LogP contribution in [0.25, 0.3) is 16.6 Å². The van der Waals surface area contributed by atoms with Crippen molar-refractivity contribution in [3.8, 4) is 5.69 Å². The van der Waals surface area contributed by atoms with Crippen molar-refractivity contribution in [2.24, 2.45) is 5.14 Å². The van der Waals surface area contributed by atoms with Crippen molar-refractivity contribution in [2.75, 3.05) is 13.7 Å². The first kappa shape index (κ1) is 25.9. The number of aromatic nitrogens is 2. The third-order valence-electron chi connectivity index (χ3n) is 5.66. The van der Waals surface area contributed by atoms with Crippen molar-refractivity contribution in [1.82, 2.24) is 14.9 Å². The SMILES string of the molecule is COC(=O)c1ccc2c(=O)n(-c3ccc(C(=O)NCCc4ccc(S(N)(=O)=O)cc4)cc3)c(=S)[nH]c2c1. The van der Waals surface area contributed by atoms with E-state index in [2.05, 4.69) is 10.3 Å². The lowest BCUT2D eigenvalue weighted by Crippen LogP contribution is -2.26. The second kappa shape index (κ2) is 10.5. The maximum absolute atomic E-state index is 13.1. The van der Waals surface area contributed by atoms with Gasteiger partial charge >= 0.3 is 5.97 Å². The van der Waals surface area contributed by atoms with Gasteiger partial charge in [-0.1, -0.05) is 12.1 Å². The Labute approximate surface area is 216 Å². The summed E-state index contributed by atoms with van der Waals surface area (Å²) in [4.78, 5) is 40.4. The minimum atomic E-state index is -3.75. The fourth-order valence-electron chi connectivity index (χ4n) is 3.73. The summed E-state index contributed by atoms with van der Waals surface area (Å²) in [5.74, 6) is -0.835. The molecule has 3 aromatic carbocycles. The number of amides is 1. The summed E-state index contributed by atoms with van der Waals surface area (Å²) in [7, 11) is -2.48. The number of ether oxygens (including phenoxy) is 1. The second-order valence-electron chi connectivity index (χ2n) is 8.06. The quantitative estimate of drug-likeness (QED) is 0.241. The molecular weight excluding hydrogens is 516 g/mol. The Hall–Kier alpha value is -4.13. The standard InChI is InChI=1S/C25H22N4O6S2/c1-35-24(32)17-6-11-20-21(14-17)28-25(36)29(23(20)31)18-7-4-16(5-8-18)22(30)27-13-12-15-2-9-19(10-3-15)37(26,33)34/h2-11,14H,12-13H2,1H3,(H,27,30)(H,28,36)(H2,26,33,34). The number of rotatable bonds is 7. The minimum Gasteiger partial charge on any atom is -0.465 e. The van der Waals surface area contributed by atoms with Crippen molar-refractivity contribution in [1.29, 1.82) is 0 Å². The molecule has 1 aromatic heterocycles. The molecule has 0 bridgehead atoms. The lowest BCUT2D eigenvalue weighted by molar-refractivity contribution is 0.0600. The van der Waals surface area contributed by atoms with Crippen LogP contribution in [-0.4, -0.2) is 43.5 Å². The van der Waals surface area contributed by atoms with Crippen LogP contribution in [-0.2, 0) is 21.2 Å². The molecule has 0 atom stereocenters. The van der Waals surface area contributed by atoms with E-state index in [1.165, 1.54) is 42.0 Å². The molecule has 1 amide bonds. The molecule has 0 unspecified atom stereocenters. The summed E-state index contributed by atoms with van der Waals surface area (Å²) in [6.07, 6.45) is 0.494. The first-order valence-electron chi connectivity index (χ1n) is 11.0. The Morgan fingerprint density at radius 3 is 2.30 bits per heavy atom. The predicted molar refractivity (Wildman–Crippen MR) is 140 cm³/mol. The molecular formula is C25H22N4O6S2. The van der Waals surface area contributed by atoms with E-state index in [1.807, 2.05) is 0 Å². The van der Waals surface area contributed by atoms with Crippen molar-refractivity contribution < 1.29 is 22.7 Å². The molecule has 10 nitrogen and oxygen atoms in total. The molecule has 0 saturated carbocycles. The number of esters is 1. The molecule has 4 rings (SSSR count). The van der Waals surface area contributed by atoms with Gasteiger partial charge in [0.2, 0.25) is 10.0 Å². The van der Waals surface area contributed by atoms with Crippen LogP contribution >= 0.6 is 12.2 Å². The number of hydrogen-bond acceptors (Lipinski definition) is 7. The Kier molecular flexibility index (Phi) is 7.34. The number of carbonyl (C=O) groups excluding carboxylic acids is 2. The molecule has 12 heteroatoms. The fourth-order valence-corrected chi connectivity index (χ4v) is 4.54. The second-order valence-corrected chi connectivity index (χ2v) is 10.0. The number of sulfonamides is 1. The van der Waals surface area contributed by atoms with Gasteiger partial charge in [0, 0.05) is 12.1 Å². The highest BCUT2D eigenvalue weighted by Crippen LogP contribution is 2.15. The van der Waals surface area contributed by atoms with E-state index in [0.29, 0.717) is 35.1 Å². The summed E-state index contributed by atoms with van der Waals surface area (Å²) < 4.78 is 28.8. The number of primary sulfonamides is 1. The van der Waals surface area contributed by atoms with Gasteiger partial charge in [-0.25, -0.2) is 18.4 Å². The first-order valence-corrected chi connectivity index (χ1v) is 12.9. The molecule has 0 aliphatic rings. The summed E-state index contributed by atoms with van der Waals surface area (Å²) >= 11 is 5.37. The van der Waals surface area contributed by atoms with Gasteiger partial charge in [-0.05, 0) is 78.8 Å². The molecule has 0 spiro atoms. The number of H-pyrrole nitrogens is 1. The number of carbonyl (C=O) groups is 2. The molecule has 190 valence electrons. The summed E-state index contributed by atoms with van der Waals surface area (Å²) in [6, 6.07) is 17.0. The zero-order valence-corrected chi connectivity index (χ0v) is 21.2. The van der Waals surface area contributed by atoms with E-state index < -0.39 is 16.0 Å². The van der Waals surface area contributed by atoms with Gasteiger partial charge in [0.15, 0.2) is 4.77 Å². The maximum atomic E-state index is 13.1. The van der Waals surface area contributed by atoms with Crippen LogP contribution < -0.4 is 16.0 Å². The molecule has 4 N–H and O–H groups in total. The topological polar surface area (TPSA) is 153 Å². The number of aromatic amines is 1. The summed E-state index contributed by atoms with van der Waals surface area (Å²) in [5, 5.41) is 8.23. The van der Waals surface area contributed by atoms with Crippen LogP contribution in [0, 0.1) is 4.77 Å². The number of methoxy groups -OCH3 is 1. The van der Waals surface area contributed by atoms with Gasteiger partial charge in [0.1, 0.15) is 0 Å². The summed E-state index contributed by atoms with van der Waals surface area (Å²) in [6.45, 7) is 0.332. The zero-order chi connectivity index (χ0) is 26.7. The number of nitrogens with zero attached hydrogens (tertiary/aromatic N) is 1. The van der Waals surface area contributed by atoms with E-state index in [-0.39, 0.29) is 26.7 Å². The van der Waals surface area contributed by atoms with Gasteiger partial charge in [-0.2, -0.15) is 0 Å². The predicted octanol–water partition coefficient (Wildman–Crippen LogP) is 2.45. The molecule has 1 heterocycles. The Bertz CT molecular complexity index is 1720. The molecule has 0 fully saturated rings. The van der Waals surface area contributed by atoms with Crippen LogP contribution in [0.15, 0.2) is 76.4 Å². The third kappa shape index (κ3) is 5.66. The minimum absolute atomic E-state index is 0.0247. The Morgan fingerprint density at radius 1 is 1.03 bits per heavy atom. The van der Waals surface area contributed by atoms with E-state index in [0.717, 1.165) is 5.56 Å². The molecule has 4 aromatic rings. The largest absolute Gasteiger partial charge is 0.465 e. The molecule has 0 aliphatic heterocycles. The zero-order valence-electron chi connectivity index (χ0n) is 19.6.